The predicted octanol–water partition coefficient (Wildman–Crippen LogP) is 2.75. The number of carbonyl (C=O) groups is 2. The molecular formula is C29H32N3O5S-. The van der Waals surface area contributed by atoms with Crippen molar-refractivity contribution in [3.63, 3.8) is 0 Å². The lowest BCUT2D eigenvalue weighted by Gasteiger charge is -2.31. The van der Waals surface area contributed by atoms with Gasteiger partial charge in [0.15, 0.2) is 0 Å². The number of amides is 1. The van der Waals surface area contributed by atoms with Gasteiger partial charge in [-0.15, -0.1) is 0 Å². The Morgan fingerprint density at radius 3 is 2.47 bits per heavy atom. The van der Waals surface area contributed by atoms with Gasteiger partial charge >= 0.3 is 0 Å². The molecule has 3 aromatic rings. The fourth-order valence-corrected chi connectivity index (χ4v) is 7.03. The van der Waals surface area contributed by atoms with Gasteiger partial charge in [0.25, 0.3) is 0 Å². The highest BCUT2D eigenvalue weighted by atomic mass is 32.2. The highest BCUT2D eigenvalue weighted by Crippen LogP contribution is 2.33. The Morgan fingerprint density at radius 1 is 1.08 bits per heavy atom. The first-order chi connectivity index (χ1) is 18.1. The molecule has 2 heterocycles. The van der Waals surface area contributed by atoms with Crippen LogP contribution in [0.4, 0.5) is 0 Å². The molecule has 5 rings (SSSR count). The van der Waals surface area contributed by atoms with Gasteiger partial charge in [-0.25, -0.2) is 8.42 Å². The first kappa shape index (κ1) is 26.3. The monoisotopic (exact) mass is 534 g/mol. The van der Waals surface area contributed by atoms with Crippen molar-refractivity contribution in [2.24, 2.45) is 11.8 Å². The van der Waals surface area contributed by atoms with E-state index in [1.54, 1.807) is 6.07 Å². The van der Waals surface area contributed by atoms with Gasteiger partial charge in [0.2, 0.25) is 15.9 Å². The maximum absolute atomic E-state index is 13.5. The molecule has 9 heteroatoms. The number of fused-ring (bicyclic) bond motifs is 2. The number of carboxylic acids is 1. The van der Waals surface area contributed by atoms with Gasteiger partial charge in [0.1, 0.15) is 0 Å². The van der Waals surface area contributed by atoms with Crippen LogP contribution in [-0.4, -0.2) is 42.7 Å². The molecule has 0 spiro atoms. The van der Waals surface area contributed by atoms with Crippen molar-refractivity contribution in [1.82, 2.24) is 14.6 Å². The largest absolute Gasteiger partial charge is 0.545 e. The van der Waals surface area contributed by atoms with Crippen LogP contribution in [0.1, 0.15) is 58.9 Å². The van der Waals surface area contributed by atoms with Crippen molar-refractivity contribution in [1.29, 1.82) is 0 Å². The van der Waals surface area contributed by atoms with Crippen LogP contribution in [0.3, 0.4) is 0 Å². The summed E-state index contributed by atoms with van der Waals surface area (Å²) < 4.78 is 28.4. The van der Waals surface area contributed by atoms with Crippen LogP contribution in [0.25, 0.3) is 10.9 Å². The van der Waals surface area contributed by atoms with Gasteiger partial charge in [-0.1, -0.05) is 36.8 Å². The zero-order chi connectivity index (χ0) is 27.0. The summed E-state index contributed by atoms with van der Waals surface area (Å²) in [6, 6.07) is 12.4. The van der Waals surface area contributed by atoms with Gasteiger partial charge in [0, 0.05) is 42.2 Å². The van der Waals surface area contributed by atoms with Gasteiger partial charge < -0.3 is 15.2 Å². The fourth-order valence-electron chi connectivity index (χ4n) is 5.53. The number of piperidine rings is 1. The standard InChI is InChI=1S/C29H33N3O5S/c1-18-3-6-20(7-4-18)17-30-28(33)21-11-13-32(14-12-21)38(36,37)22-8-10-26-24(16-22)27(29(34)35)23-15-19(2)5-9-25(23)31-26/h3-4,6-8,10,16,19,21H,5,9,11-15,17H2,1-2H3,(H,30,33)(H,34,35)/p-1. The second-order valence-electron chi connectivity index (χ2n) is 10.6. The molecule has 2 aromatic carbocycles. The molecule has 1 aliphatic carbocycles. The van der Waals surface area contributed by atoms with E-state index >= 15 is 0 Å². The van der Waals surface area contributed by atoms with Crippen molar-refractivity contribution in [3.05, 3.63) is 70.4 Å². The molecule has 8 nitrogen and oxygen atoms in total. The Bertz CT molecular complexity index is 1490. The van der Waals surface area contributed by atoms with Crippen LogP contribution >= 0.6 is 0 Å². The van der Waals surface area contributed by atoms with Crippen molar-refractivity contribution >= 4 is 32.8 Å². The molecule has 1 amide bonds. The van der Waals surface area contributed by atoms with E-state index in [4.69, 9.17) is 0 Å². The van der Waals surface area contributed by atoms with Gasteiger partial charge in [-0.3, -0.25) is 9.78 Å². The fraction of sp³-hybridized carbons (Fsp3) is 0.414. The average Bonchev–Trinajstić information content (AvgIpc) is 2.90. The zero-order valence-corrected chi connectivity index (χ0v) is 22.5. The number of carbonyl (C=O) groups excluding carboxylic acids is 2. The third-order valence-electron chi connectivity index (χ3n) is 7.82. The number of aromatic nitrogens is 1. The Balaban J connectivity index is 1.32. The van der Waals surface area contributed by atoms with Gasteiger partial charge in [-0.05, 0) is 74.3 Å². The summed E-state index contributed by atoms with van der Waals surface area (Å²) >= 11 is 0. The molecule has 38 heavy (non-hydrogen) atoms. The highest BCUT2D eigenvalue weighted by Gasteiger charge is 2.33. The van der Waals surface area contributed by atoms with Crippen LogP contribution in [0.15, 0.2) is 47.4 Å². The molecule has 0 bridgehead atoms. The number of hydrogen-bond acceptors (Lipinski definition) is 6. The van der Waals surface area contributed by atoms with Crippen LogP contribution < -0.4 is 10.4 Å². The summed E-state index contributed by atoms with van der Waals surface area (Å²) in [6.07, 6.45) is 3.05. The van der Waals surface area contributed by atoms with Crippen LogP contribution in [0.5, 0.6) is 0 Å². The smallest absolute Gasteiger partial charge is 0.243 e. The Morgan fingerprint density at radius 2 is 1.79 bits per heavy atom. The third-order valence-corrected chi connectivity index (χ3v) is 9.72. The second-order valence-corrected chi connectivity index (χ2v) is 12.5. The predicted molar refractivity (Wildman–Crippen MR) is 142 cm³/mol. The lowest BCUT2D eigenvalue weighted by atomic mass is 9.84. The summed E-state index contributed by atoms with van der Waals surface area (Å²) in [5.41, 5.74) is 4.09. The normalized spacial score (nSPS) is 18.7. The number of pyridine rings is 1. The number of aromatic carboxylic acids is 1. The highest BCUT2D eigenvalue weighted by molar-refractivity contribution is 7.89. The Labute approximate surface area is 223 Å². The number of nitrogens with zero attached hydrogens (tertiary/aromatic N) is 2. The van der Waals surface area contributed by atoms with Crippen LogP contribution in [0.2, 0.25) is 0 Å². The number of rotatable bonds is 6. The van der Waals surface area contributed by atoms with Crippen molar-refractivity contribution in [3.8, 4) is 0 Å². The van der Waals surface area contributed by atoms with Crippen molar-refractivity contribution in [2.45, 2.75) is 57.4 Å². The molecule has 1 N–H and O–H groups in total. The number of sulfonamides is 1. The Kier molecular flexibility index (Phi) is 7.24. The minimum Gasteiger partial charge on any atom is -0.545 e. The number of carboxylic acid groups (broad SMARTS) is 1. The maximum Gasteiger partial charge on any atom is 0.243 e. The van der Waals surface area contributed by atoms with E-state index in [0.717, 1.165) is 23.2 Å². The Hall–Kier alpha value is -3.30. The van der Waals surface area contributed by atoms with Gasteiger partial charge in [0.05, 0.1) is 16.4 Å². The molecule has 0 radical (unpaired) electrons. The number of hydrogen-bond donors (Lipinski definition) is 1. The molecule has 200 valence electrons. The zero-order valence-electron chi connectivity index (χ0n) is 21.7. The molecule has 1 aromatic heterocycles. The summed E-state index contributed by atoms with van der Waals surface area (Å²) in [7, 11) is -3.88. The number of benzene rings is 2. The first-order valence-corrected chi connectivity index (χ1v) is 14.6. The summed E-state index contributed by atoms with van der Waals surface area (Å²) in [6.45, 7) is 4.95. The van der Waals surface area contributed by atoms with E-state index in [2.05, 4.69) is 17.2 Å². The number of nitrogens with one attached hydrogen (secondary N) is 1. The molecule has 1 saturated heterocycles. The topological polar surface area (TPSA) is 120 Å². The molecule has 1 atom stereocenters. The summed E-state index contributed by atoms with van der Waals surface area (Å²) in [5, 5.41) is 15.4. The third kappa shape index (κ3) is 5.17. The first-order valence-electron chi connectivity index (χ1n) is 13.1. The quantitative estimate of drug-likeness (QED) is 0.519. The summed E-state index contributed by atoms with van der Waals surface area (Å²) in [5.74, 6) is -1.32. The summed E-state index contributed by atoms with van der Waals surface area (Å²) in [4.78, 5) is 29.6. The molecular weight excluding hydrogens is 502 g/mol. The lowest BCUT2D eigenvalue weighted by molar-refractivity contribution is -0.254. The molecule has 1 aliphatic heterocycles. The van der Waals surface area contributed by atoms with Crippen LogP contribution in [0, 0.1) is 18.8 Å². The van der Waals surface area contributed by atoms with Crippen LogP contribution in [-0.2, 0) is 34.2 Å². The minimum atomic E-state index is -3.88. The molecule has 2 aliphatic rings. The molecule has 0 saturated carbocycles. The van der Waals surface area contributed by atoms with E-state index in [1.165, 1.54) is 16.4 Å². The van der Waals surface area contributed by atoms with E-state index in [9.17, 15) is 23.1 Å². The lowest BCUT2D eigenvalue weighted by Crippen LogP contribution is -2.42. The van der Waals surface area contributed by atoms with Crippen molar-refractivity contribution in [2.75, 3.05) is 13.1 Å². The maximum atomic E-state index is 13.5. The average molecular weight is 535 g/mol. The van der Waals surface area contributed by atoms with Crippen molar-refractivity contribution < 1.29 is 23.1 Å². The number of aryl methyl sites for hydroxylation is 2. The van der Waals surface area contributed by atoms with E-state index in [-0.39, 0.29) is 35.4 Å². The minimum absolute atomic E-state index is 0.0281. The second kappa shape index (κ2) is 10.5. The SMILES string of the molecule is Cc1ccc(CNC(=O)C2CCN(S(=O)(=O)c3ccc4nc5c(c(C(=O)[O-])c4c3)CC(C)CC5)CC2)cc1. The van der Waals surface area contributed by atoms with E-state index in [1.807, 2.05) is 31.2 Å². The van der Waals surface area contributed by atoms with Gasteiger partial charge in [-0.2, -0.15) is 4.31 Å². The van der Waals surface area contributed by atoms with E-state index < -0.39 is 16.0 Å². The molecule has 1 unspecified atom stereocenters. The van der Waals surface area contributed by atoms with E-state index in [0.29, 0.717) is 54.6 Å². The molecule has 1 fully saturated rings.